The molecule has 0 aromatic heterocycles. The van der Waals surface area contributed by atoms with Crippen molar-refractivity contribution in [3.63, 3.8) is 0 Å². The van der Waals surface area contributed by atoms with Crippen molar-refractivity contribution < 1.29 is 116 Å². The van der Waals surface area contributed by atoms with Gasteiger partial charge in [0.25, 0.3) is 0 Å². The maximum atomic E-state index is 10.5. The average Bonchev–Trinajstić information content (AvgIpc) is 2.92. The standard InChI is InChI=1S/C7H12O7.2C6H10O8.2H3N/c1-2(8)3(9)4(10)5(11)6(12)7(13)14;2*7-1(3(9)5(11)12)2(8)4(10)6(13)14;;/h3-6,9-12H,1H3,(H,13,14);2*1-4,7-10H,(H,11,12)(H,13,14);2*1H3/t3-,4+,5-,6-;2*1-,2-,3-,4+;;/m000../s1. The van der Waals surface area contributed by atoms with Gasteiger partial charge >= 0.3 is 17.9 Å². The van der Waals surface area contributed by atoms with Crippen LogP contribution in [0.5, 0.6) is 0 Å². The first-order valence-electron chi connectivity index (χ1n) is 10.6. The number of quaternary nitrogens is 2. The van der Waals surface area contributed by atoms with Gasteiger partial charge in [0.05, 0.1) is 11.9 Å². The molecular weight excluding hydrogens is 624 g/mol. The quantitative estimate of drug-likeness (QED) is 0.0773. The van der Waals surface area contributed by atoms with Crippen LogP contribution in [-0.4, -0.2) is 185 Å². The van der Waals surface area contributed by atoms with E-state index < -0.39 is 109 Å². The summed E-state index contributed by atoms with van der Waals surface area (Å²) in [4.78, 5) is 60.8. The number of carboxylic acids is 5. The van der Waals surface area contributed by atoms with Crippen molar-refractivity contribution in [2.45, 2.75) is 80.2 Å². The largest absolute Gasteiger partial charge is 0.547 e. The highest BCUT2D eigenvalue weighted by molar-refractivity contribution is 5.81. The van der Waals surface area contributed by atoms with Gasteiger partial charge in [0.1, 0.15) is 54.9 Å². The molecule has 0 aliphatic rings. The van der Waals surface area contributed by atoms with Crippen LogP contribution in [0, 0.1) is 0 Å². The summed E-state index contributed by atoms with van der Waals surface area (Å²) in [7, 11) is 0. The third-order valence-corrected chi connectivity index (χ3v) is 4.65. The van der Waals surface area contributed by atoms with Gasteiger partial charge in [-0.25, -0.2) is 14.4 Å². The summed E-state index contributed by atoms with van der Waals surface area (Å²) in [5.41, 5.74) is 0. The Morgan fingerprint density at radius 3 is 0.682 bits per heavy atom. The number of hydrogen-bond donors (Lipinski definition) is 17. The maximum Gasteiger partial charge on any atom is 0.335 e. The van der Waals surface area contributed by atoms with Gasteiger partial charge in [-0.3, -0.25) is 4.79 Å². The molecule has 25 heteroatoms. The summed E-state index contributed by atoms with van der Waals surface area (Å²) < 4.78 is 0. The zero-order valence-electron chi connectivity index (χ0n) is 22.9. The van der Waals surface area contributed by atoms with Crippen LogP contribution in [0.15, 0.2) is 0 Å². The van der Waals surface area contributed by atoms with E-state index in [2.05, 4.69) is 0 Å². The number of aliphatic hydroxyl groups excluding tert-OH is 12. The molecule has 0 spiro atoms. The van der Waals surface area contributed by atoms with Crippen molar-refractivity contribution in [2.75, 3.05) is 0 Å². The lowest BCUT2D eigenvalue weighted by molar-refractivity contribution is -0.321. The second-order valence-corrected chi connectivity index (χ2v) is 7.88. The van der Waals surface area contributed by atoms with Crippen LogP contribution in [-0.2, 0) is 28.8 Å². The van der Waals surface area contributed by atoms with Gasteiger partial charge in [-0.15, -0.1) is 0 Å². The Morgan fingerprint density at radius 1 is 0.386 bits per heavy atom. The van der Waals surface area contributed by atoms with Crippen LogP contribution < -0.4 is 22.5 Å². The summed E-state index contributed by atoms with van der Waals surface area (Å²) in [6, 6.07) is 0. The highest BCUT2D eigenvalue weighted by atomic mass is 16.5. The first-order chi connectivity index (χ1) is 18.9. The second kappa shape index (κ2) is 22.9. The zero-order chi connectivity index (χ0) is 34.4. The molecule has 0 amide bonds. The number of rotatable bonds is 15. The Balaban J connectivity index is -0.000000169. The molecule has 0 saturated heterocycles. The molecule has 44 heavy (non-hydrogen) atoms. The fourth-order valence-electron chi connectivity index (χ4n) is 2.08. The monoisotopic (exact) mass is 662 g/mol. The fraction of sp³-hybridized carbons (Fsp3) is 0.684. The minimum absolute atomic E-state index is 0. The third kappa shape index (κ3) is 16.9. The molecule has 23 N–H and O–H groups in total. The van der Waals surface area contributed by atoms with E-state index in [0.29, 0.717) is 0 Å². The molecule has 262 valence electrons. The molecule has 0 heterocycles. The number of Topliss-reactive ketones (excluding diaryl/α,β-unsaturated/α-hetero) is 1. The predicted octanol–water partition coefficient (Wildman–Crippen LogP) is -11.6. The SMILES string of the molecule is CC(=O)[C@H](O)[C@@H](O)[C@H](O)[C@H](O)C(=O)O.O=C(O)[C@@H](O)[C@@H](O)[C@H](O)[C@@H](O)C(=O)[O-].O=C(O)[C@@H](O)[C@@H](O)[C@H](O)[C@@H](O)C(=O)[O-].[NH4+].[NH4+]. The third-order valence-electron chi connectivity index (χ3n) is 4.65. The van der Waals surface area contributed by atoms with Crippen molar-refractivity contribution in [3.8, 4) is 0 Å². The van der Waals surface area contributed by atoms with Crippen LogP contribution in [0.2, 0.25) is 0 Å². The first kappa shape index (κ1) is 50.1. The lowest BCUT2D eigenvalue weighted by Crippen LogP contribution is -2.53. The maximum absolute atomic E-state index is 10.5. The molecule has 0 bridgehead atoms. The van der Waals surface area contributed by atoms with E-state index >= 15 is 0 Å². The second-order valence-electron chi connectivity index (χ2n) is 7.88. The number of aliphatic hydroxyl groups is 12. The number of carboxylic acid groups (broad SMARTS) is 5. The Morgan fingerprint density at radius 2 is 0.545 bits per heavy atom. The van der Waals surface area contributed by atoms with Crippen molar-refractivity contribution in [1.82, 2.24) is 12.3 Å². The highest BCUT2D eigenvalue weighted by Gasteiger charge is 2.37. The molecule has 0 aliphatic carbocycles. The number of carbonyl (C=O) groups excluding carboxylic acids is 3. The molecule has 0 rings (SSSR count). The van der Waals surface area contributed by atoms with Crippen LogP contribution in [0.3, 0.4) is 0 Å². The number of hydrogen-bond acceptors (Lipinski definition) is 20. The molecule has 0 saturated carbocycles. The summed E-state index contributed by atoms with van der Waals surface area (Å²) in [6.07, 6.45) is -27.4. The fourth-order valence-corrected chi connectivity index (χ4v) is 2.08. The van der Waals surface area contributed by atoms with Gasteiger partial charge in [0.15, 0.2) is 24.1 Å². The molecule has 0 aromatic carbocycles. The molecule has 0 aliphatic heterocycles. The van der Waals surface area contributed by atoms with Gasteiger partial charge < -0.3 is 109 Å². The van der Waals surface area contributed by atoms with Gasteiger partial charge in [-0.2, -0.15) is 0 Å². The van der Waals surface area contributed by atoms with E-state index in [0.717, 1.165) is 6.92 Å². The molecule has 0 radical (unpaired) electrons. The first-order valence-corrected chi connectivity index (χ1v) is 10.6. The van der Waals surface area contributed by atoms with E-state index in [4.69, 9.17) is 76.6 Å². The lowest BCUT2D eigenvalue weighted by Gasteiger charge is -2.24. The topological polar surface area (TPSA) is 525 Å². The average molecular weight is 663 g/mol. The summed E-state index contributed by atoms with van der Waals surface area (Å²) in [5.74, 6) is -10.5. The van der Waals surface area contributed by atoms with E-state index in [9.17, 15) is 39.0 Å². The Labute approximate surface area is 244 Å². The number of aliphatic carboxylic acids is 5. The van der Waals surface area contributed by atoms with Gasteiger partial charge in [0.2, 0.25) is 0 Å². The van der Waals surface area contributed by atoms with E-state index in [1.807, 2.05) is 0 Å². The number of ketones is 1. The molecule has 0 aromatic rings. The van der Waals surface area contributed by atoms with Crippen LogP contribution in [0.1, 0.15) is 6.92 Å². The van der Waals surface area contributed by atoms with Gasteiger partial charge in [0, 0.05) is 0 Å². The highest BCUT2D eigenvalue weighted by Crippen LogP contribution is 2.07. The molecule has 12 atom stereocenters. The van der Waals surface area contributed by atoms with Crippen LogP contribution in [0.25, 0.3) is 0 Å². The van der Waals surface area contributed by atoms with E-state index in [-0.39, 0.29) is 12.3 Å². The molecule has 0 unspecified atom stereocenters. The molecule has 25 nitrogen and oxygen atoms in total. The lowest BCUT2D eigenvalue weighted by atomic mass is 10.0. The number of carbonyl (C=O) groups is 6. The summed E-state index contributed by atoms with van der Waals surface area (Å²) in [5, 5.41) is 150. The van der Waals surface area contributed by atoms with E-state index in [1.165, 1.54) is 0 Å². The van der Waals surface area contributed by atoms with Crippen LogP contribution >= 0.6 is 0 Å². The zero-order valence-corrected chi connectivity index (χ0v) is 22.9. The van der Waals surface area contributed by atoms with Gasteiger partial charge in [-0.1, -0.05) is 0 Å². The van der Waals surface area contributed by atoms with Gasteiger partial charge in [-0.05, 0) is 6.92 Å². The molecule has 0 fully saturated rings. The minimum Gasteiger partial charge on any atom is -0.547 e. The normalized spacial score (nSPS) is 18.6. The summed E-state index contributed by atoms with van der Waals surface area (Å²) in [6.45, 7) is 0.952. The smallest absolute Gasteiger partial charge is 0.335 e. The summed E-state index contributed by atoms with van der Waals surface area (Å²) >= 11 is 0. The predicted molar refractivity (Wildman–Crippen MR) is 128 cm³/mol. The van der Waals surface area contributed by atoms with Crippen molar-refractivity contribution >= 4 is 35.6 Å². The molecular formula is C19H38N2O23. The van der Waals surface area contributed by atoms with Crippen molar-refractivity contribution in [3.05, 3.63) is 0 Å². The Hall–Kier alpha value is -3.54. The Kier molecular flexibility index (Phi) is 26.1. The van der Waals surface area contributed by atoms with Crippen LogP contribution in [0.4, 0.5) is 0 Å². The van der Waals surface area contributed by atoms with Crippen molar-refractivity contribution in [1.29, 1.82) is 0 Å². The van der Waals surface area contributed by atoms with E-state index in [1.54, 1.807) is 0 Å². The van der Waals surface area contributed by atoms with Crippen molar-refractivity contribution in [2.24, 2.45) is 0 Å². The minimum atomic E-state index is -2.47. The Bertz CT molecular complexity index is 732.